The number of aliphatic hydroxyl groups excluding tert-OH is 1. The number of nitrogens with one attached hydrogen (secondary N) is 3. The van der Waals surface area contributed by atoms with E-state index >= 15 is 0 Å². The summed E-state index contributed by atoms with van der Waals surface area (Å²) >= 11 is 0. The quantitative estimate of drug-likeness (QED) is 0.516. The maximum absolute atomic E-state index is 13.3. The molecule has 0 aliphatic carbocycles. The fourth-order valence-corrected chi connectivity index (χ4v) is 5.38. The SMILES string of the molecule is O=C1Nc2ccnc(n2)NCCCCCC2CCCN(C2)c2cc(NS(=O)(=O)CCO)ccc21. The average Bonchev–Trinajstić information content (AvgIpc) is 2.81. The number of nitrogens with zero attached hydrogens (tertiary/aromatic N) is 3. The Morgan fingerprint density at radius 2 is 2.00 bits per heavy atom. The normalized spacial score (nSPS) is 19.5. The van der Waals surface area contributed by atoms with Gasteiger partial charge in [0.1, 0.15) is 5.82 Å². The van der Waals surface area contributed by atoms with Gasteiger partial charge in [-0.05, 0) is 55.9 Å². The number of aliphatic hydroxyl groups is 1. The van der Waals surface area contributed by atoms with Crippen LogP contribution < -0.4 is 20.3 Å². The van der Waals surface area contributed by atoms with E-state index in [1.807, 2.05) is 0 Å². The van der Waals surface area contributed by atoms with E-state index in [-0.39, 0.29) is 11.7 Å². The molecule has 1 aromatic heterocycles. The fraction of sp³-hybridized carbons (Fsp3) is 0.522. The van der Waals surface area contributed by atoms with E-state index in [2.05, 4.69) is 30.2 Å². The Morgan fingerprint density at radius 1 is 1.15 bits per heavy atom. The van der Waals surface area contributed by atoms with Crippen LogP contribution in [0.3, 0.4) is 0 Å². The molecule has 4 bridgehead atoms. The van der Waals surface area contributed by atoms with Crippen molar-refractivity contribution in [3.63, 3.8) is 0 Å². The lowest BCUT2D eigenvalue weighted by Crippen LogP contribution is -2.36. The van der Waals surface area contributed by atoms with Crippen LogP contribution in [0.1, 0.15) is 48.9 Å². The molecule has 1 aromatic carbocycles. The zero-order valence-corrected chi connectivity index (χ0v) is 20.0. The molecule has 3 heterocycles. The molecule has 1 amide bonds. The van der Waals surface area contributed by atoms with Gasteiger partial charge in [-0.2, -0.15) is 4.98 Å². The Morgan fingerprint density at radius 3 is 2.85 bits per heavy atom. The first kappa shape index (κ1) is 24.2. The summed E-state index contributed by atoms with van der Waals surface area (Å²) in [7, 11) is -3.68. The monoisotopic (exact) mass is 488 g/mol. The Kier molecular flexibility index (Phi) is 7.84. The third-order valence-corrected chi connectivity index (χ3v) is 7.47. The molecular weight excluding hydrogens is 456 g/mol. The standard InChI is InChI=1S/C23H32N6O4S/c30-13-14-34(32,33)28-18-7-8-19-20(15-18)29-12-4-6-17(16-29)5-2-1-3-10-24-23-25-11-9-21(27-23)26-22(19)31/h7-9,11,15,17,28,30H,1-6,10,12-14,16H2,(H2,24,25,26,27,31). The van der Waals surface area contributed by atoms with Gasteiger partial charge in [-0.1, -0.05) is 12.8 Å². The topological polar surface area (TPSA) is 137 Å². The van der Waals surface area contributed by atoms with Crippen molar-refractivity contribution in [2.75, 3.05) is 52.2 Å². The molecule has 1 unspecified atom stereocenters. The number of hydrogen-bond donors (Lipinski definition) is 4. The number of piperidine rings is 1. The summed E-state index contributed by atoms with van der Waals surface area (Å²) in [4.78, 5) is 24.1. The molecule has 34 heavy (non-hydrogen) atoms. The maximum Gasteiger partial charge on any atom is 0.258 e. The van der Waals surface area contributed by atoms with Gasteiger partial charge >= 0.3 is 0 Å². The van der Waals surface area contributed by atoms with Crippen molar-refractivity contribution in [1.82, 2.24) is 9.97 Å². The number of amides is 1. The summed E-state index contributed by atoms with van der Waals surface area (Å²) in [5.41, 5.74) is 1.50. The lowest BCUT2D eigenvalue weighted by Gasteiger charge is -2.36. The molecule has 0 saturated carbocycles. The first-order valence-corrected chi connectivity index (χ1v) is 13.5. The maximum atomic E-state index is 13.3. The van der Waals surface area contributed by atoms with Gasteiger partial charge < -0.3 is 20.6 Å². The van der Waals surface area contributed by atoms with Crippen LogP contribution >= 0.6 is 0 Å². The molecule has 10 nitrogen and oxygen atoms in total. The predicted octanol–water partition coefficient (Wildman–Crippen LogP) is 2.67. The zero-order chi connectivity index (χ0) is 24.0. The average molecular weight is 489 g/mol. The van der Waals surface area contributed by atoms with Crippen molar-refractivity contribution in [3.05, 3.63) is 36.0 Å². The molecule has 0 spiro atoms. The van der Waals surface area contributed by atoms with Crippen molar-refractivity contribution < 1.29 is 18.3 Å². The van der Waals surface area contributed by atoms with Gasteiger partial charge in [0, 0.05) is 25.8 Å². The largest absolute Gasteiger partial charge is 0.395 e. The molecule has 184 valence electrons. The number of carbonyl (C=O) groups excluding carboxylic acids is 1. The third kappa shape index (κ3) is 6.35. The van der Waals surface area contributed by atoms with E-state index in [0.717, 1.165) is 58.2 Å². The highest BCUT2D eigenvalue weighted by Crippen LogP contribution is 2.32. The minimum atomic E-state index is -3.68. The lowest BCUT2D eigenvalue weighted by molar-refractivity contribution is 0.102. The molecular formula is C23H32N6O4S. The summed E-state index contributed by atoms with van der Waals surface area (Å²) in [6, 6.07) is 6.55. The third-order valence-electron chi connectivity index (χ3n) is 6.20. The number of carbonyl (C=O) groups is 1. The van der Waals surface area contributed by atoms with Crippen molar-refractivity contribution in [2.45, 2.75) is 38.5 Å². The summed E-state index contributed by atoms with van der Waals surface area (Å²) < 4.78 is 26.9. The van der Waals surface area contributed by atoms with Crippen molar-refractivity contribution >= 4 is 39.1 Å². The highest BCUT2D eigenvalue weighted by molar-refractivity contribution is 7.92. The van der Waals surface area contributed by atoms with Crippen LogP contribution in [0.4, 0.5) is 23.1 Å². The van der Waals surface area contributed by atoms with E-state index in [4.69, 9.17) is 5.11 Å². The Hall–Kier alpha value is -2.92. The van der Waals surface area contributed by atoms with Crippen LogP contribution in [0.25, 0.3) is 0 Å². The fourth-order valence-electron chi connectivity index (χ4n) is 4.55. The van der Waals surface area contributed by atoms with Crippen LogP contribution in [-0.4, -0.2) is 61.4 Å². The highest BCUT2D eigenvalue weighted by Gasteiger charge is 2.25. The number of anilines is 4. The molecule has 2 aliphatic heterocycles. The second kappa shape index (κ2) is 11.0. The summed E-state index contributed by atoms with van der Waals surface area (Å²) in [5.74, 6) is 0.680. The number of sulfonamides is 1. The minimum Gasteiger partial charge on any atom is -0.395 e. The van der Waals surface area contributed by atoms with E-state index in [1.54, 1.807) is 30.5 Å². The van der Waals surface area contributed by atoms with Crippen molar-refractivity contribution in [1.29, 1.82) is 0 Å². The summed E-state index contributed by atoms with van der Waals surface area (Å²) in [6.07, 6.45) is 8.16. The number of aromatic nitrogens is 2. The van der Waals surface area contributed by atoms with Gasteiger partial charge in [-0.25, -0.2) is 13.4 Å². The molecule has 4 N–H and O–H groups in total. The van der Waals surface area contributed by atoms with Gasteiger partial charge in [0.2, 0.25) is 16.0 Å². The van der Waals surface area contributed by atoms with Crippen LogP contribution in [0.15, 0.2) is 30.5 Å². The van der Waals surface area contributed by atoms with Crippen molar-refractivity contribution in [3.8, 4) is 0 Å². The van der Waals surface area contributed by atoms with Gasteiger partial charge in [0.05, 0.1) is 29.3 Å². The minimum absolute atomic E-state index is 0.321. The Labute approximate surface area is 200 Å². The van der Waals surface area contributed by atoms with E-state index in [0.29, 0.717) is 34.6 Å². The van der Waals surface area contributed by atoms with E-state index < -0.39 is 16.6 Å². The molecule has 4 rings (SSSR count). The summed E-state index contributed by atoms with van der Waals surface area (Å²) in [6.45, 7) is 1.94. The first-order chi connectivity index (χ1) is 16.4. The molecule has 11 heteroatoms. The number of benzene rings is 1. The lowest BCUT2D eigenvalue weighted by atomic mass is 9.91. The van der Waals surface area contributed by atoms with E-state index in [1.165, 1.54) is 0 Å². The first-order valence-electron chi connectivity index (χ1n) is 11.8. The Balaban J connectivity index is 1.68. The number of hydrogen-bond acceptors (Lipinski definition) is 8. The smallest absolute Gasteiger partial charge is 0.258 e. The highest BCUT2D eigenvalue weighted by atomic mass is 32.2. The van der Waals surface area contributed by atoms with Gasteiger partial charge in [0.25, 0.3) is 5.91 Å². The van der Waals surface area contributed by atoms with Gasteiger partial charge in [0.15, 0.2) is 0 Å². The van der Waals surface area contributed by atoms with Gasteiger partial charge in [-0.15, -0.1) is 0 Å². The molecule has 2 aliphatic rings. The van der Waals surface area contributed by atoms with Crippen LogP contribution in [0, 0.1) is 5.92 Å². The van der Waals surface area contributed by atoms with Crippen LogP contribution in [-0.2, 0) is 10.0 Å². The van der Waals surface area contributed by atoms with Crippen LogP contribution in [0.2, 0.25) is 0 Å². The van der Waals surface area contributed by atoms with Crippen molar-refractivity contribution in [2.24, 2.45) is 5.92 Å². The number of fused-ring (bicyclic) bond motifs is 6. The molecule has 0 radical (unpaired) electrons. The molecule has 1 atom stereocenters. The van der Waals surface area contributed by atoms with Crippen LogP contribution in [0.5, 0.6) is 0 Å². The second-order valence-electron chi connectivity index (χ2n) is 8.83. The molecule has 2 aromatic rings. The zero-order valence-electron chi connectivity index (χ0n) is 19.2. The molecule has 1 fully saturated rings. The van der Waals surface area contributed by atoms with E-state index in [9.17, 15) is 13.2 Å². The predicted molar refractivity (Wildman–Crippen MR) is 133 cm³/mol. The summed E-state index contributed by atoms with van der Waals surface area (Å²) in [5, 5.41) is 15.1. The number of rotatable bonds is 4. The van der Waals surface area contributed by atoms with Gasteiger partial charge in [-0.3, -0.25) is 9.52 Å². The second-order valence-corrected chi connectivity index (χ2v) is 10.7. The Bertz CT molecular complexity index is 1110. The molecule has 1 saturated heterocycles.